The van der Waals surface area contributed by atoms with Gasteiger partial charge in [0.2, 0.25) is 11.8 Å². The van der Waals surface area contributed by atoms with Crippen LogP contribution in [0.5, 0.6) is 0 Å². The van der Waals surface area contributed by atoms with E-state index >= 15 is 0 Å². The number of ether oxygens (including phenoxy) is 1. The van der Waals surface area contributed by atoms with Crippen molar-refractivity contribution in [2.45, 2.75) is 13.3 Å². The molecule has 0 fully saturated rings. The van der Waals surface area contributed by atoms with Crippen LogP contribution in [-0.4, -0.2) is 31.4 Å². The SMILES string of the molecule is COC(=O)c1ccccc1NC(=O)CCN(C(C)=O)c1ccc(F)c(Cl)c1. The van der Waals surface area contributed by atoms with Gasteiger partial charge in [0.25, 0.3) is 0 Å². The molecule has 0 saturated carbocycles. The summed E-state index contributed by atoms with van der Waals surface area (Å²) in [5.74, 6) is -1.88. The van der Waals surface area contributed by atoms with Crippen LogP contribution in [0.25, 0.3) is 0 Å². The van der Waals surface area contributed by atoms with Crippen molar-refractivity contribution in [1.29, 1.82) is 0 Å². The number of esters is 1. The molecule has 0 unspecified atom stereocenters. The molecule has 2 rings (SSSR count). The van der Waals surface area contributed by atoms with Crippen molar-refractivity contribution in [3.05, 3.63) is 58.9 Å². The van der Waals surface area contributed by atoms with Gasteiger partial charge < -0.3 is 15.0 Å². The number of para-hydroxylation sites is 1. The summed E-state index contributed by atoms with van der Waals surface area (Å²) >= 11 is 5.76. The van der Waals surface area contributed by atoms with E-state index in [0.717, 1.165) is 6.07 Å². The van der Waals surface area contributed by atoms with Crippen molar-refractivity contribution in [2.24, 2.45) is 0 Å². The lowest BCUT2D eigenvalue weighted by Crippen LogP contribution is -2.32. The molecular weight excluding hydrogens is 375 g/mol. The van der Waals surface area contributed by atoms with E-state index < -0.39 is 17.7 Å². The molecular formula is C19H18ClFN2O4. The van der Waals surface area contributed by atoms with E-state index in [1.165, 1.54) is 37.1 Å². The fourth-order valence-electron chi connectivity index (χ4n) is 2.43. The molecule has 0 atom stereocenters. The van der Waals surface area contributed by atoms with E-state index in [0.29, 0.717) is 11.4 Å². The Morgan fingerprint density at radius 3 is 2.52 bits per heavy atom. The molecule has 27 heavy (non-hydrogen) atoms. The third kappa shape index (κ3) is 5.27. The van der Waals surface area contributed by atoms with E-state index in [2.05, 4.69) is 10.1 Å². The number of hydrogen-bond donors (Lipinski definition) is 1. The maximum Gasteiger partial charge on any atom is 0.339 e. The Morgan fingerprint density at radius 2 is 1.89 bits per heavy atom. The summed E-state index contributed by atoms with van der Waals surface area (Å²) in [6.45, 7) is 1.39. The highest BCUT2D eigenvalue weighted by Crippen LogP contribution is 2.23. The predicted octanol–water partition coefficient (Wildman–Crippen LogP) is 3.65. The molecule has 8 heteroatoms. The molecule has 2 aromatic carbocycles. The topological polar surface area (TPSA) is 75.7 Å². The summed E-state index contributed by atoms with van der Waals surface area (Å²) in [5.41, 5.74) is 0.923. The first kappa shape index (κ1) is 20.4. The zero-order valence-corrected chi connectivity index (χ0v) is 15.5. The Morgan fingerprint density at radius 1 is 1.19 bits per heavy atom. The summed E-state index contributed by atoms with van der Waals surface area (Å²) in [6.07, 6.45) is -0.0376. The van der Waals surface area contributed by atoms with Gasteiger partial charge in [0.15, 0.2) is 0 Å². The minimum absolute atomic E-state index is 0.0376. The number of carbonyl (C=O) groups is 3. The first-order valence-corrected chi connectivity index (χ1v) is 8.41. The summed E-state index contributed by atoms with van der Waals surface area (Å²) < 4.78 is 18.0. The highest BCUT2D eigenvalue weighted by atomic mass is 35.5. The number of nitrogens with zero attached hydrogens (tertiary/aromatic N) is 1. The van der Waals surface area contributed by atoms with Gasteiger partial charge in [-0.1, -0.05) is 23.7 Å². The van der Waals surface area contributed by atoms with E-state index in [1.54, 1.807) is 18.2 Å². The van der Waals surface area contributed by atoms with Crippen LogP contribution in [0.3, 0.4) is 0 Å². The number of carbonyl (C=O) groups excluding carboxylic acids is 3. The molecule has 0 saturated heterocycles. The minimum Gasteiger partial charge on any atom is -0.465 e. The lowest BCUT2D eigenvalue weighted by Gasteiger charge is -2.21. The lowest BCUT2D eigenvalue weighted by molar-refractivity contribution is -0.117. The van der Waals surface area contributed by atoms with Crippen LogP contribution in [-0.2, 0) is 14.3 Å². The van der Waals surface area contributed by atoms with Crippen LogP contribution in [0.4, 0.5) is 15.8 Å². The molecule has 0 bridgehead atoms. The second-order valence-electron chi connectivity index (χ2n) is 5.60. The van der Waals surface area contributed by atoms with Gasteiger partial charge >= 0.3 is 5.97 Å². The summed E-state index contributed by atoms with van der Waals surface area (Å²) in [4.78, 5) is 37.2. The van der Waals surface area contributed by atoms with Gasteiger partial charge in [0.1, 0.15) is 5.82 Å². The van der Waals surface area contributed by atoms with Crippen molar-refractivity contribution < 1.29 is 23.5 Å². The molecule has 0 heterocycles. The number of anilines is 2. The van der Waals surface area contributed by atoms with Crippen molar-refractivity contribution in [1.82, 2.24) is 0 Å². The molecule has 0 aliphatic heterocycles. The number of methoxy groups -OCH3 is 1. The Labute approximate surface area is 160 Å². The number of rotatable bonds is 6. The Balaban J connectivity index is 2.08. The zero-order valence-electron chi connectivity index (χ0n) is 14.8. The fraction of sp³-hybridized carbons (Fsp3) is 0.211. The first-order chi connectivity index (χ1) is 12.8. The second-order valence-corrected chi connectivity index (χ2v) is 6.01. The van der Waals surface area contributed by atoms with E-state index in [4.69, 9.17) is 11.6 Å². The second kappa shape index (κ2) is 9.14. The average molecular weight is 393 g/mol. The number of benzene rings is 2. The number of halogens is 2. The van der Waals surface area contributed by atoms with Crippen molar-refractivity contribution in [2.75, 3.05) is 23.9 Å². The van der Waals surface area contributed by atoms with Crippen LogP contribution in [0, 0.1) is 5.82 Å². The monoisotopic (exact) mass is 392 g/mol. The highest BCUT2D eigenvalue weighted by molar-refractivity contribution is 6.31. The van der Waals surface area contributed by atoms with Gasteiger partial charge in [0.05, 0.1) is 23.4 Å². The van der Waals surface area contributed by atoms with Gasteiger partial charge in [-0.05, 0) is 30.3 Å². The standard InChI is InChI=1S/C19H18ClFN2O4/c1-12(24)23(13-7-8-16(21)15(20)11-13)10-9-18(25)22-17-6-4-3-5-14(17)19(26)27-2/h3-8,11H,9-10H2,1-2H3,(H,22,25). The summed E-state index contributed by atoms with van der Waals surface area (Å²) in [6, 6.07) is 10.3. The molecule has 2 amide bonds. The molecule has 6 nitrogen and oxygen atoms in total. The van der Waals surface area contributed by atoms with E-state index in [9.17, 15) is 18.8 Å². The third-order valence-electron chi connectivity index (χ3n) is 3.76. The van der Waals surface area contributed by atoms with Crippen molar-refractivity contribution in [3.8, 4) is 0 Å². The average Bonchev–Trinajstić information content (AvgIpc) is 2.64. The molecule has 0 radical (unpaired) electrons. The van der Waals surface area contributed by atoms with Crippen molar-refractivity contribution >= 4 is 40.8 Å². The van der Waals surface area contributed by atoms with Crippen LogP contribution < -0.4 is 10.2 Å². The Kier molecular flexibility index (Phi) is 6.90. The molecule has 0 spiro atoms. The van der Waals surface area contributed by atoms with Crippen LogP contribution >= 0.6 is 11.6 Å². The normalized spacial score (nSPS) is 10.2. The maximum atomic E-state index is 13.3. The molecule has 0 aromatic heterocycles. The number of nitrogens with one attached hydrogen (secondary N) is 1. The number of hydrogen-bond acceptors (Lipinski definition) is 4. The zero-order chi connectivity index (χ0) is 20.0. The van der Waals surface area contributed by atoms with Crippen LogP contribution in [0.1, 0.15) is 23.7 Å². The smallest absolute Gasteiger partial charge is 0.339 e. The van der Waals surface area contributed by atoms with E-state index in [1.807, 2.05) is 0 Å². The molecule has 2 aromatic rings. The number of amides is 2. The van der Waals surface area contributed by atoms with E-state index in [-0.39, 0.29) is 29.5 Å². The van der Waals surface area contributed by atoms with Crippen LogP contribution in [0.15, 0.2) is 42.5 Å². The molecule has 0 aliphatic rings. The van der Waals surface area contributed by atoms with Gasteiger partial charge in [0, 0.05) is 25.6 Å². The first-order valence-electron chi connectivity index (χ1n) is 8.04. The fourth-order valence-corrected chi connectivity index (χ4v) is 2.60. The highest BCUT2D eigenvalue weighted by Gasteiger charge is 2.17. The summed E-state index contributed by atoms with van der Waals surface area (Å²) in [5, 5.41) is 2.51. The lowest BCUT2D eigenvalue weighted by atomic mass is 10.1. The largest absolute Gasteiger partial charge is 0.465 e. The summed E-state index contributed by atoms with van der Waals surface area (Å²) in [7, 11) is 1.25. The third-order valence-corrected chi connectivity index (χ3v) is 4.05. The molecule has 1 N–H and O–H groups in total. The van der Waals surface area contributed by atoms with Gasteiger partial charge in [-0.2, -0.15) is 0 Å². The van der Waals surface area contributed by atoms with Gasteiger partial charge in [-0.15, -0.1) is 0 Å². The Bertz CT molecular complexity index is 873. The molecule has 0 aliphatic carbocycles. The molecule has 142 valence electrons. The minimum atomic E-state index is -0.596. The van der Waals surface area contributed by atoms with Crippen LogP contribution in [0.2, 0.25) is 5.02 Å². The quantitative estimate of drug-likeness (QED) is 0.761. The maximum absolute atomic E-state index is 13.3. The van der Waals surface area contributed by atoms with Gasteiger partial charge in [-0.25, -0.2) is 9.18 Å². The van der Waals surface area contributed by atoms with Gasteiger partial charge in [-0.3, -0.25) is 9.59 Å². The Hall–Kier alpha value is -2.93. The van der Waals surface area contributed by atoms with Crippen molar-refractivity contribution in [3.63, 3.8) is 0 Å². The predicted molar refractivity (Wildman–Crippen MR) is 100 cm³/mol.